The van der Waals surface area contributed by atoms with Crippen LogP contribution in [-0.2, 0) is 71.8 Å². The normalized spacial score (nSPS) is 8.85. The van der Waals surface area contributed by atoms with Gasteiger partial charge in [-0.25, -0.2) is 0 Å². The van der Waals surface area contributed by atoms with E-state index in [9.17, 15) is 0 Å². The van der Waals surface area contributed by atoms with Gasteiger partial charge >= 0.3 is 0 Å². The zero-order valence-electron chi connectivity index (χ0n) is 8.38. The van der Waals surface area contributed by atoms with Crippen LogP contribution in [0, 0.1) is 12.0 Å². The van der Waals surface area contributed by atoms with E-state index in [2.05, 4.69) is 32.0 Å². The fourth-order valence-corrected chi connectivity index (χ4v) is 0.971. The summed E-state index contributed by atoms with van der Waals surface area (Å²) in [5.41, 5.74) is 1.31. The molecule has 0 saturated carbocycles. The molecule has 2 radical (unpaired) electrons. The molecule has 0 nitrogen and oxygen atoms in total. The summed E-state index contributed by atoms with van der Waals surface area (Å²) in [6, 6.07) is 11.4. The summed E-state index contributed by atoms with van der Waals surface area (Å²) in [5.74, 6) is 1.49. The molecule has 66 valence electrons. The predicted octanol–water partition coefficient (Wildman–Crippen LogP) is 3.03. The van der Waals surface area contributed by atoms with Crippen molar-refractivity contribution >= 4 is 0 Å². The second-order valence-corrected chi connectivity index (χ2v) is 3.09. The van der Waals surface area contributed by atoms with Gasteiger partial charge in [-0.2, -0.15) is 56.2 Å². The van der Waals surface area contributed by atoms with Gasteiger partial charge in [0, 0.05) is 65.4 Å². The Hall–Kier alpha value is 1.43. The van der Waals surface area contributed by atoms with Crippen molar-refractivity contribution in [3.05, 3.63) is 41.8 Å². The third kappa shape index (κ3) is 8.42. The van der Waals surface area contributed by atoms with E-state index in [1.807, 2.05) is 12.1 Å². The smallest absolute Gasteiger partial charge is 0 e. The maximum Gasteiger partial charge on any atom is 0 e. The Kier molecular flexibility index (Phi) is 12.9. The summed E-state index contributed by atoms with van der Waals surface area (Å²) in [7, 11) is 0. The predicted molar refractivity (Wildman–Crippen MR) is 48.2 cm³/mol. The second-order valence-electron chi connectivity index (χ2n) is 3.09. The van der Waals surface area contributed by atoms with Crippen LogP contribution in [0.1, 0.15) is 25.8 Å². The van der Waals surface area contributed by atoms with Crippen LogP contribution >= 0.6 is 0 Å². The third-order valence-electron chi connectivity index (χ3n) is 1.67. The molecule has 0 aliphatic rings. The van der Waals surface area contributed by atoms with E-state index in [1.165, 1.54) is 17.9 Å². The monoisotopic (exact) mass is 324 g/mol. The molecule has 0 N–H and O–H groups in total. The summed E-state index contributed by atoms with van der Waals surface area (Å²) in [5, 5.41) is 0. The molecule has 0 aliphatic carbocycles. The van der Waals surface area contributed by atoms with Gasteiger partial charge in [-0.05, 0) is 0 Å². The molecule has 1 aromatic carbocycles. The van der Waals surface area contributed by atoms with Gasteiger partial charge in [0.15, 0.2) is 0 Å². The van der Waals surface area contributed by atoms with E-state index >= 15 is 0 Å². The van der Waals surface area contributed by atoms with E-state index in [0.717, 1.165) is 6.42 Å². The maximum absolute atomic E-state index is 3.21. The molecule has 0 fully saturated rings. The van der Waals surface area contributed by atoms with E-state index in [0.29, 0.717) is 0 Å². The summed E-state index contributed by atoms with van der Waals surface area (Å²) in [4.78, 5) is 0. The van der Waals surface area contributed by atoms with Crippen LogP contribution in [0.5, 0.6) is 0 Å². The van der Waals surface area contributed by atoms with Gasteiger partial charge in [-0.3, -0.25) is 0 Å². The summed E-state index contributed by atoms with van der Waals surface area (Å²) >= 11 is 0. The van der Waals surface area contributed by atoms with E-state index < -0.39 is 0 Å². The first-order valence-corrected chi connectivity index (χ1v) is 4.03. The first-order chi connectivity index (χ1) is 5.29. The SMILES string of the molecule is C[C-](C)CCc1[c-]cccc1.[Y].[Y]. The fourth-order valence-electron chi connectivity index (χ4n) is 0.971. The number of hydrogen-bond acceptors (Lipinski definition) is 0. The van der Waals surface area contributed by atoms with Crippen molar-refractivity contribution < 1.29 is 65.4 Å². The number of benzene rings is 1. The molecule has 0 bridgehead atoms. The zero-order valence-corrected chi connectivity index (χ0v) is 14.1. The largest absolute Gasteiger partial charge is 0.319 e. The number of aryl methyl sites for hydroxylation is 1. The molecule has 0 aromatic heterocycles. The molecule has 0 spiro atoms. The van der Waals surface area contributed by atoms with Crippen molar-refractivity contribution in [2.75, 3.05) is 0 Å². The van der Waals surface area contributed by atoms with Gasteiger partial charge in [0.1, 0.15) is 0 Å². The molecular weight excluding hydrogens is 310 g/mol. The van der Waals surface area contributed by atoms with Gasteiger partial charge in [-0.15, -0.1) is 0 Å². The topological polar surface area (TPSA) is 0 Å². The summed E-state index contributed by atoms with van der Waals surface area (Å²) in [6.45, 7) is 4.34. The molecule has 0 aliphatic heterocycles. The molecule has 0 unspecified atom stereocenters. The average molecular weight is 324 g/mol. The first kappa shape index (κ1) is 16.8. The molecule has 13 heavy (non-hydrogen) atoms. The van der Waals surface area contributed by atoms with Crippen molar-refractivity contribution in [1.29, 1.82) is 0 Å². The van der Waals surface area contributed by atoms with Crippen molar-refractivity contribution in [2.45, 2.75) is 26.7 Å². The molecule has 0 heterocycles. The Labute approximate surface area is 132 Å². The van der Waals surface area contributed by atoms with Crippen LogP contribution in [0.4, 0.5) is 0 Å². The molecule has 1 rings (SSSR count). The third-order valence-corrected chi connectivity index (χ3v) is 1.67. The van der Waals surface area contributed by atoms with Crippen LogP contribution in [0.2, 0.25) is 0 Å². The minimum Gasteiger partial charge on any atom is -0.319 e. The minimum absolute atomic E-state index is 0. The Morgan fingerprint density at radius 2 is 1.92 bits per heavy atom. The van der Waals surface area contributed by atoms with Gasteiger partial charge in [0.25, 0.3) is 0 Å². The summed E-state index contributed by atoms with van der Waals surface area (Å²) in [6.07, 6.45) is 2.31. The van der Waals surface area contributed by atoms with Crippen LogP contribution in [0.25, 0.3) is 0 Å². The molecule has 0 atom stereocenters. The van der Waals surface area contributed by atoms with Gasteiger partial charge in [0.05, 0.1) is 0 Å². The standard InChI is InChI=1S/C11H14.2Y/c1-10(2)8-9-11-6-4-3-5-7-11;;/h3-6H,8-9H2,1-2H3;;/q-2;;. The first-order valence-electron chi connectivity index (χ1n) is 4.03. The number of rotatable bonds is 3. The second kappa shape index (κ2) is 9.96. The van der Waals surface area contributed by atoms with Crippen LogP contribution in [0.3, 0.4) is 0 Å². The Morgan fingerprint density at radius 1 is 1.23 bits per heavy atom. The molecule has 2 heteroatoms. The van der Waals surface area contributed by atoms with Crippen molar-refractivity contribution in [1.82, 2.24) is 0 Å². The van der Waals surface area contributed by atoms with Crippen molar-refractivity contribution in [3.63, 3.8) is 0 Å². The Bertz CT molecular complexity index is 195. The quantitative estimate of drug-likeness (QED) is 0.750. The van der Waals surface area contributed by atoms with Crippen LogP contribution in [0.15, 0.2) is 24.3 Å². The van der Waals surface area contributed by atoms with Crippen LogP contribution < -0.4 is 0 Å². The minimum atomic E-state index is 0. The van der Waals surface area contributed by atoms with E-state index in [1.54, 1.807) is 0 Å². The van der Waals surface area contributed by atoms with Crippen molar-refractivity contribution in [3.8, 4) is 0 Å². The Morgan fingerprint density at radius 3 is 2.38 bits per heavy atom. The fraction of sp³-hybridized carbons (Fsp3) is 0.364. The van der Waals surface area contributed by atoms with Crippen LogP contribution in [-0.4, -0.2) is 0 Å². The van der Waals surface area contributed by atoms with Gasteiger partial charge < -0.3 is 5.92 Å². The van der Waals surface area contributed by atoms with Crippen molar-refractivity contribution in [2.24, 2.45) is 0 Å². The van der Waals surface area contributed by atoms with Gasteiger partial charge in [0.2, 0.25) is 0 Å². The van der Waals surface area contributed by atoms with E-state index in [4.69, 9.17) is 0 Å². The molecule has 0 saturated heterocycles. The molecule has 1 aromatic rings. The molecular formula is C11H14Y2-2. The average Bonchev–Trinajstić information content (AvgIpc) is 2.03. The molecule has 0 amide bonds. The Balaban J connectivity index is 0. The van der Waals surface area contributed by atoms with E-state index in [-0.39, 0.29) is 65.4 Å². The zero-order chi connectivity index (χ0) is 8.10. The number of hydrogen-bond donors (Lipinski definition) is 0. The van der Waals surface area contributed by atoms with Gasteiger partial charge in [-0.1, -0.05) is 6.42 Å². The maximum atomic E-state index is 3.21. The summed E-state index contributed by atoms with van der Waals surface area (Å²) < 4.78 is 0.